The van der Waals surface area contributed by atoms with Crippen LogP contribution in [0, 0.1) is 5.82 Å². The molecule has 13 heteroatoms. The van der Waals surface area contributed by atoms with Gasteiger partial charge in [-0.25, -0.2) is 4.39 Å². The number of ketones is 1. The molecule has 0 aliphatic heterocycles. The maximum Gasteiger partial charge on any atom is 0.415 e. The van der Waals surface area contributed by atoms with Gasteiger partial charge in [0.25, 0.3) is 0 Å². The minimum absolute atomic E-state index is 0.0406. The molecule has 0 radical (unpaired) electrons. The van der Waals surface area contributed by atoms with Gasteiger partial charge in [0.1, 0.15) is 16.3 Å². The van der Waals surface area contributed by atoms with Crippen LogP contribution in [0.1, 0.15) is 67.1 Å². The molecule has 2 atom stereocenters. The summed E-state index contributed by atoms with van der Waals surface area (Å²) in [4.78, 5) is 13.8. The summed E-state index contributed by atoms with van der Waals surface area (Å²) in [6.45, 7) is 5.63. The quantitative estimate of drug-likeness (QED) is 0.133. The largest absolute Gasteiger partial charge is 0.598 e. The Balaban J connectivity index is 2.50. The molecular formula is C24H28F7NO3S2. The van der Waals surface area contributed by atoms with Gasteiger partial charge >= 0.3 is 12.4 Å². The first kappa shape index (κ1) is 31.4. The normalized spacial score (nSPS) is 15.4. The predicted molar refractivity (Wildman–Crippen MR) is 129 cm³/mol. The van der Waals surface area contributed by atoms with Crippen molar-refractivity contribution in [3.63, 3.8) is 0 Å². The van der Waals surface area contributed by atoms with Gasteiger partial charge in [0, 0.05) is 40.7 Å². The fourth-order valence-electron chi connectivity index (χ4n) is 3.25. The van der Waals surface area contributed by atoms with Crippen molar-refractivity contribution >= 4 is 28.5 Å². The molecule has 0 saturated heterocycles. The topological polar surface area (TPSA) is 61.4 Å². The molecule has 0 aliphatic carbocycles. The molecule has 2 rings (SSSR count). The average molecular weight is 576 g/mol. The summed E-state index contributed by atoms with van der Waals surface area (Å²) in [6, 6.07) is 5.32. The van der Waals surface area contributed by atoms with Gasteiger partial charge in [-0.05, 0) is 51.8 Å². The second kappa shape index (κ2) is 11.9. The van der Waals surface area contributed by atoms with Crippen molar-refractivity contribution in [2.24, 2.45) is 0 Å². The number of thiophene rings is 1. The Hall–Kier alpha value is -1.83. The average Bonchev–Trinajstić information content (AvgIpc) is 3.24. The smallest absolute Gasteiger partial charge is 0.415 e. The molecule has 0 bridgehead atoms. The molecule has 0 fully saturated rings. The van der Waals surface area contributed by atoms with E-state index in [2.05, 4.69) is 0 Å². The lowest BCUT2D eigenvalue weighted by atomic mass is 9.84. The Morgan fingerprint density at radius 2 is 1.73 bits per heavy atom. The van der Waals surface area contributed by atoms with Gasteiger partial charge < -0.3 is 9.29 Å². The van der Waals surface area contributed by atoms with Gasteiger partial charge in [-0.2, -0.15) is 26.3 Å². The Morgan fingerprint density at radius 3 is 2.22 bits per heavy atom. The molecule has 1 heterocycles. The summed E-state index contributed by atoms with van der Waals surface area (Å²) in [6.07, 6.45) is -12.0. The monoisotopic (exact) mass is 575 g/mol. The van der Waals surface area contributed by atoms with Crippen LogP contribution in [-0.2, 0) is 23.3 Å². The molecule has 0 saturated carbocycles. The van der Waals surface area contributed by atoms with E-state index < -0.39 is 77.0 Å². The van der Waals surface area contributed by atoms with Gasteiger partial charge in [-0.1, -0.05) is 13.0 Å². The molecule has 2 unspecified atom stereocenters. The first-order valence-corrected chi connectivity index (χ1v) is 13.2. The molecule has 0 spiro atoms. The van der Waals surface area contributed by atoms with E-state index in [1.54, 1.807) is 6.07 Å². The molecule has 1 aromatic carbocycles. The van der Waals surface area contributed by atoms with E-state index in [-0.39, 0.29) is 10.6 Å². The number of hydrogen-bond donors (Lipinski definition) is 1. The van der Waals surface area contributed by atoms with Crippen LogP contribution in [0.3, 0.4) is 0 Å². The number of benzene rings is 1. The number of carbonyl (C=O) groups is 1. The SMILES string of the molecule is CCc1ccc(C(=O)CC(N[S+]([O-])C(C)(C)C)(c2ccc(OCCCC(F)(F)F)cc2F)C(F)(F)F)s1. The first-order chi connectivity index (χ1) is 16.9. The van der Waals surface area contributed by atoms with E-state index in [0.29, 0.717) is 12.5 Å². The number of alkyl halides is 6. The third-order valence-electron chi connectivity index (χ3n) is 5.29. The van der Waals surface area contributed by atoms with Crippen molar-refractivity contribution in [3.8, 4) is 5.75 Å². The highest BCUT2D eigenvalue weighted by Gasteiger charge is 2.62. The Morgan fingerprint density at radius 1 is 1.08 bits per heavy atom. The van der Waals surface area contributed by atoms with Crippen LogP contribution in [0.4, 0.5) is 30.7 Å². The zero-order chi connectivity index (χ0) is 28.2. The number of rotatable bonds is 11. The number of halogens is 7. The Bertz CT molecular complexity index is 1060. The molecule has 1 N–H and O–H groups in total. The summed E-state index contributed by atoms with van der Waals surface area (Å²) in [7, 11) is 0. The van der Waals surface area contributed by atoms with E-state index in [0.717, 1.165) is 28.3 Å². The highest BCUT2D eigenvalue weighted by Crippen LogP contribution is 2.45. The van der Waals surface area contributed by atoms with Crippen molar-refractivity contribution < 1.29 is 44.8 Å². The lowest BCUT2D eigenvalue weighted by molar-refractivity contribution is -0.194. The number of ether oxygens (including phenoxy) is 1. The molecule has 208 valence electrons. The highest BCUT2D eigenvalue weighted by molar-refractivity contribution is 7.90. The van der Waals surface area contributed by atoms with Gasteiger partial charge in [-0.15, -0.1) is 16.1 Å². The van der Waals surface area contributed by atoms with Crippen molar-refractivity contribution in [2.45, 2.75) is 76.0 Å². The van der Waals surface area contributed by atoms with Gasteiger partial charge in [0.15, 0.2) is 11.3 Å². The second-order valence-corrected chi connectivity index (χ2v) is 12.4. The van der Waals surface area contributed by atoms with Gasteiger partial charge in [0.2, 0.25) is 0 Å². The Labute approximate surface area is 217 Å². The molecular weight excluding hydrogens is 547 g/mol. The summed E-state index contributed by atoms with van der Waals surface area (Å²) in [5.74, 6) is -2.63. The molecule has 0 amide bonds. The molecule has 37 heavy (non-hydrogen) atoms. The second-order valence-electron chi connectivity index (χ2n) is 9.31. The number of Topliss-reactive ketones (excluding diaryl/α,β-unsaturated/α-hetero) is 1. The zero-order valence-corrected chi connectivity index (χ0v) is 22.2. The number of hydrogen-bond acceptors (Lipinski definition) is 5. The molecule has 1 aromatic heterocycles. The van der Waals surface area contributed by atoms with Crippen molar-refractivity contribution in [1.82, 2.24) is 4.72 Å². The lowest BCUT2D eigenvalue weighted by Crippen LogP contribution is -2.60. The number of carbonyl (C=O) groups excluding carboxylic acids is 1. The number of aryl methyl sites for hydroxylation is 1. The van der Waals surface area contributed by atoms with E-state index in [1.807, 2.05) is 11.6 Å². The molecule has 4 nitrogen and oxygen atoms in total. The summed E-state index contributed by atoms with van der Waals surface area (Å²) < 4.78 is 115. The van der Waals surface area contributed by atoms with E-state index >= 15 is 4.39 Å². The van der Waals surface area contributed by atoms with Crippen LogP contribution in [-0.4, -0.2) is 34.0 Å². The van der Waals surface area contributed by atoms with Crippen LogP contribution in [0.2, 0.25) is 0 Å². The van der Waals surface area contributed by atoms with Crippen molar-refractivity contribution in [1.29, 1.82) is 0 Å². The van der Waals surface area contributed by atoms with Crippen LogP contribution < -0.4 is 9.46 Å². The Kier molecular flexibility index (Phi) is 10.1. The third-order valence-corrected chi connectivity index (χ3v) is 8.21. The minimum atomic E-state index is -5.27. The zero-order valence-electron chi connectivity index (χ0n) is 20.6. The fourth-order valence-corrected chi connectivity index (χ4v) is 5.05. The minimum Gasteiger partial charge on any atom is -0.598 e. The first-order valence-electron chi connectivity index (χ1n) is 11.3. The third kappa shape index (κ3) is 8.33. The van der Waals surface area contributed by atoms with Crippen molar-refractivity contribution in [3.05, 3.63) is 51.5 Å². The predicted octanol–water partition coefficient (Wildman–Crippen LogP) is 7.25. The lowest BCUT2D eigenvalue weighted by Gasteiger charge is -2.38. The fraction of sp³-hybridized carbons (Fsp3) is 0.542. The van der Waals surface area contributed by atoms with E-state index in [9.17, 15) is 35.7 Å². The standard InChI is InChI=1S/C24H28F7NO3S2/c1-5-16-8-10-20(36-16)19(33)14-22(24(29,30)31,32-37(34)21(2,3)4)17-9-7-15(13-18(17)25)35-12-6-11-23(26,27)28/h7-10,13,32H,5-6,11-12,14H2,1-4H3. The van der Waals surface area contributed by atoms with E-state index in [1.165, 1.54) is 26.8 Å². The summed E-state index contributed by atoms with van der Waals surface area (Å²) in [5.41, 5.74) is -4.35. The van der Waals surface area contributed by atoms with Crippen LogP contribution in [0.5, 0.6) is 5.75 Å². The summed E-state index contributed by atoms with van der Waals surface area (Å²) in [5, 5.41) is 0. The summed E-state index contributed by atoms with van der Waals surface area (Å²) >= 11 is -1.36. The number of nitrogens with one attached hydrogen (secondary N) is 1. The van der Waals surface area contributed by atoms with Crippen LogP contribution in [0.25, 0.3) is 0 Å². The maximum absolute atomic E-state index is 15.2. The van der Waals surface area contributed by atoms with Gasteiger partial charge in [-0.3, -0.25) is 4.79 Å². The molecule has 2 aromatic rings. The van der Waals surface area contributed by atoms with Crippen LogP contribution in [0.15, 0.2) is 30.3 Å². The molecule has 0 aliphatic rings. The van der Waals surface area contributed by atoms with E-state index in [4.69, 9.17) is 4.74 Å². The van der Waals surface area contributed by atoms with Gasteiger partial charge in [0.05, 0.1) is 11.5 Å². The van der Waals surface area contributed by atoms with Crippen LogP contribution >= 0.6 is 11.3 Å². The highest BCUT2D eigenvalue weighted by atomic mass is 32.2. The maximum atomic E-state index is 15.2. The van der Waals surface area contributed by atoms with Crippen molar-refractivity contribution in [2.75, 3.05) is 6.61 Å².